The van der Waals surface area contributed by atoms with Gasteiger partial charge in [-0.05, 0) is 18.3 Å². The van der Waals surface area contributed by atoms with Gasteiger partial charge in [-0.2, -0.15) is 8.42 Å². The van der Waals surface area contributed by atoms with Gasteiger partial charge in [0.05, 0.1) is 18.1 Å². The van der Waals surface area contributed by atoms with Crippen molar-refractivity contribution in [1.29, 1.82) is 0 Å². The van der Waals surface area contributed by atoms with Gasteiger partial charge >= 0.3 is 0 Å². The van der Waals surface area contributed by atoms with Crippen LogP contribution in [0, 0.1) is 23.7 Å². The molecule has 4 unspecified atom stereocenters. The fourth-order valence-corrected chi connectivity index (χ4v) is 2.99. The number of primary amides is 1. The maximum absolute atomic E-state index is 11.9. The summed E-state index contributed by atoms with van der Waals surface area (Å²) in [5, 5.41) is 0. The molecule has 1 fully saturated rings. The Kier molecular flexibility index (Phi) is 3.16. The largest absolute Gasteiger partial charge is 0.369 e. The van der Waals surface area contributed by atoms with Crippen molar-refractivity contribution in [2.45, 2.75) is 6.42 Å². The second kappa shape index (κ2) is 4.36. The number of amides is 2. The van der Waals surface area contributed by atoms with E-state index in [1.165, 1.54) is 0 Å². The number of nitrogens with two attached hydrogens (primary N) is 1. The molecule has 0 saturated heterocycles. The molecular formula is C10H14N2O5S. The van der Waals surface area contributed by atoms with Crippen LogP contribution in [-0.4, -0.2) is 26.5 Å². The van der Waals surface area contributed by atoms with Crippen molar-refractivity contribution in [2.75, 3.05) is 6.26 Å². The first kappa shape index (κ1) is 13.0. The van der Waals surface area contributed by atoms with Crippen LogP contribution in [0.2, 0.25) is 0 Å². The summed E-state index contributed by atoms with van der Waals surface area (Å²) in [6, 6.07) is 0. The molecule has 2 aliphatic rings. The first-order valence-corrected chi connectivity index (χ1v) is 7.27. The number of hydrogen-bond acceptors (Lipinski definition) is 5. The van der Waals surface area contributed by atoms with Gasteiger partial charge in [0.25, 0.3) is 10.1 Å². The van der Waals surface area contributed by atoms with Crippen molar-refractivity contribution in [2.24, 2.45) is 29.4 Å². The van der Waals surface area contributed by atoms with E-state index in [2.05, 4.69) is 4.28 Å². The highest BCUT2D eigenvalue weighted by Gasteiger charge is 2.50. The molecular weight excluding hydrogens is 260 g/mol. The molecule has 2 aliphatic carbocycles. The Morgan fingerprint density at radius 2 is 1.83 bits per heavy atom. The van der Waals surface area contributed by atoms with E-state index in [4.69, 9.17) is 5.73 Å². The summed E-state index contributed by atoms with van der Waals surface area (Å²) in [5.74, 6) is -2.55. The van der Waals surface area contributed by atoms with Crippen LogP contribution in [-0.2, 0) is 24.0 Å². The lowest BCUT2D eigenvalue weighted by molar-refractivity contribution is -0.138. The van der Waals surface area contributed by atoms with Gasteiger partial charge in [0, 0.05) is 0 Å². The minimum absolute atomic E-state index is 0.0403. The molecule has 0 aliphatic heterocycles. The predicted molar refractivity (Wildman–Crippen MR) is 61.0 cm³/mol. The van der Waals surface area contributed by atoms with Gasteiger partial charge in [-0.3, -0.25) is 9.59 Å². The van der Waals surface area contributed by atoms with Crippen molar-refractivity contribution in [3.63, 3.8) is 0 Å². The van der Waals surface area contributed by atoms with E-state index in [0.29, 0.717) is 6.42 Å². The standard InChI is InChI=1S/C10H14N2O5S/c1-18(15,16)17-12-10(14)8-6-3-2-5(4-6)7(8)9(11)13/h2-3,5-8H,4H2,1H3,(H2,11,13)(H,12,14). The van der Waals surface area contributed by atoms with Crippen LogP contribution in [0.25, 0.3) is 0 Å². The van der Waals surface area contributed by atoms with Crippen molar-refractivity contribution in [1.82, 2.24) is 5.48 Å². The third-order valence-electron chi connectivity index (χ3n) is 3.38. The first-order chi connectivity index (χ1) is 8.29. The zero-order valence-corrected chi connectivity index (χ0v) is 10.5. The summed E-state index contributed by atoms with van der Waals surface area (Å²) in [5.41, 5.74) is 7.15. The average molecular weight is 274 g/mol. The van der Waals surface area contributed by atoms with Gasteiger partial charge in [0.1, 0.15) is 0 Å². The number of fused-ring (bicyclic) bond motifs is 2. The van der Waals surface area contributed by atoms with Crippen LogP contribution in [0.4, 0.5) is 0 Å². The molecule has 7 nitrogen and oxygen atoms in total. The summed E-state index contributed by atoms with van der Waals surface area (Å²) in [6.07, 6.45) is 5.24. The molecule has 0 radical (unpaired) electrons. The molecule has 0 aromatic rings. The Labute approximate surface area is 104 Å². The van der Waals surface area contributed by atoms with E-state index in [1.807, 2.05) is 17.6 Å². The lowest BCUT2D eigenvalue weighted by atomic mass is 9.82. The first-order valence-electron chi connectivity index (χ1n) is 5.45. The maximum atomic E-state index is 11.9. The Morgan fingerprint density at radius 3 is 2.33 bits per heavy atom. The molecule has 0 aromatic heterocycles. The normalized spacial score (nSPS) is 33.6. The van der Waals surface area contributed by atoms with E-state index in [0.717, 1.165) is 6.26 Å². The van der Waals surface area contributed by atoms with Gasteiger partial charge in [-0.15, -0.1) is 4.28 Å². The quantitative estimate of drug-likeness (QED) is 0.499. The summed E-state index contributed by atoms with van der Waals surface area (Å²) in [4.78, 5) is 23.2. The van der Waals surface area contributed by atoms with Crippen LogP contribution in [0.1, 0.15) is 6.42 Å². The highest BCUT2D eigenvalue weighted by molar-refractivity contribution is 7.85. The topological polar surface area (TPSA) is 116 Å². The Hall–Kier alpha value is -1.41. The highest BCUT2D eigenvalue weighted by atomic mass is 32.2. The van der Waals surface area contributed by atoms with Gasteiger partial charge in [-0.25, -0.2) is 5.48 Å². The number of hydroxylamine groups is 1. The van der Waals surface area contributed by atoms with Crippen LogP contribution in [0.15, 0.2) is 12.2 Å². The molecule has 100 valence electrons. The summed E-state index contributed by atoms with van der Waals surface area (Å²) in [7, 11) is -3.77. The average Bonchev–Trinajstić information content (AvgIpc) is 2.83. The number of nitrogens with one attached hydrogen (secondary N) is 1. The highest BCUT2D eigenvalue weighted by Crippen LogP contribution is 2.47. The van der Waals surface area contributed by atoms with E-state index in [1.54, 1.807) is 0 Å². The molecule has 8 heteroatoms. The molecule has 2 bridgehead atoms. The Morgan fingerprint density at radius 1 is 1.28 bits per heavy atom. The minimum atomic E-state index is -3.77. The van der Waals surface area contributed by atoms with Gasteiger partial charge in [0.15, 0.2) is 0 Å². The van der Waals surface area contributed by atoms with Crippen molar-refractivity contribution in [3.8, 4) is 0 Å². The SMILES string of the molecule is CS(=O)(=O)ONC(=O)C1C2C=CC(C2)C1C(N)=O. The molecule has 1 saturated carbocycles. The monoisotopic (exact) mass is 274 g/mol. The summed E-state index contributed by atoms with van der Waals surface area (Å²) >= 11 is 0. The second-order valence-electron chi connectivity index (χ2n) is 4.66. The molecule has 2 amide bonds. The lowest BCUT2D eigenvalue weighted by Crippen LogP contribution is -2.42. The number of carbonyl (C=O) groups is 2. The molecule has 0 spiro atoms. The molecule has 18 heavy (non-hydrogen) atoms. The molecule has 2 rings (SSSR count). The Balaban J connectivity index is 2.10. The smallest absolute Gasteiger partial charge is 0.285 e. The number of carbonyl (C=O) groups excluding carboxylic acids is 2. The predicted octanol–water partition coefficient (Wildman–Crippen LogP) is -1.08. The van der Waals surface area contributed by atoms with Gasteiger partial charge in [-0.1, -0.05) is 12.2 Å². The zero-order chi connectivity index (χ0) is 13.5. The molecule has 0 aromatic carbocycles. The zero-order valence-electron chi connectivity index (χ0n) is 9.70. The second-order valence-corrected chi connectivity index (χ2v) is 6.23. The lowest BCUT2D eigenvalue weighted by Gasteiger charge is -2.23. The maximum Gasteiger partial charge on any atom is 0.285 e. The third kappa shape index (κ3) is 2.39. The van der Waals surface area contributed by atoms with Gasteiger partial charge in [0.2, 0.25) is 11.8 Å². The third-order valence-corrected chi connectivity index (χ3v) is 3.77. The Bertz CT molecular complexity index is 512. The summed E-state index contributed by atoms with van der Waals surface area (Å²) in [6.45, 7) is 0. The van der Waals surface area contributed by atoms with E-state index >= 15 is 0 Å². The van der Waals surface area contributed by atoms with E-state index in [9.17, 15) is 18.0 Å². The van der Waals surface area contributed by atoms with Crippen LogP contribution in [0.5, 0.6) is 0 Å². The van der Waals surface area contributed by atoms with E-state index < -0.39 is 33.8 Å². The van der Waals surface area contributed by atoms with E-state index in [-0.39, 0.29) is 11.8 Å². The van der Waals surface area contributed by atoms with Crippen LogP contribution >= 0.6 is 0 Å². The molecule has 4 atom stereocenters. The molecule has 0 heterocycles. The minimum Gasteiger partial charge on any atom is -0.369 e. The van der Waals surface area contributed by atoms with Crippen molar-refractivity contribution < 1.29 is 22.3 Å². The summed E-state index contributed by atoms with van der Waals surface area (Å²) < 4.78 is 25.8. The van der Waals surface area contributed by atoms with Crippen molar-refractivity contribution in [3.05, 3.63) is 12.2 Å². The number of hydrogen-bond donors (Lipinski definition) is 2. The van der Waals surface area contributed by atoms with Crippen LogP contribution in [0.3, 0.4) is 0 Å². The molecule has 3 N–H and O–H groups in total. The van der Waals surface area contributed by atoms with Crippen molar-refractivity contribution >= 4 is 21.9 Å². The van der Waals surface area contributed by atoms with Gasteiger partial charge < -0.3 is 5.73 Å². The number of rotatable bonds is 4. The van der Waals surface area contributed by atoms with Crippen LogP contribution < -0.4 is 11.2 Å². The number of allylic oxidation sites excluding steroid dienone is 2. The fraction of sp³-hybridized carbons (Fsp3) is 0.600. The fourth-order valence-electron chi connectivity index (χ4n) is 2.75.